The van der Waals surface area contributed by atoms with Gasteiger partial charge in [0, 0.05) is 25.5 Å². The van der Waals surface area contributed by atoms with Crippen LogP contribution in [-0.2, 0) is 18.4 Å². The molecule has 1 aromatic heterocycles. The van der Waals surface area contributed by atoms with Crippen LogP contribution in [0.3, 0.4) is 0 Å². The number of imidazole rings is 1. The van der Waals surface area contributed by atoms with Crippen molar-refractivity contribution in [2.75, 3.05) is 11.5 Å². The predicted molar refractivity (Wildman–Crippen MR) is 69.8 cm³/mol. The van der Waals surface area contributed by atoms with Crippen LogP contribution in [0.25, 0.3) is 0 Å². The van der Waals surface area contributed by atoms with Crippen LogP contribution >= 0.6 is 11.8 Å². The van der Waals surface area contributed by atoms with Crippen molar-refractivity contribution in [2.24, 2.45) is 7.05 Å². The molecule has 0 spiro atoms. The minimum Gasteiger partial charge on any atom is -0.337 e. The molecule has 4 nitrogen and oxygen atoms in total. The van der Waals surface area contributed by atoms with Crippen molar-refractivity contribution in [1.29, 1.82) is 0 Å². The van der Waals surface area contributed by atoms with E-state index in [0.29, 0.717) is 18.3 Å². The zero-order valence-corrected chi connectivity index (χ0v) is 11.2. The average Bonchev–Trinajstić information content (AvgIpc) is 3.08. The van der Waals surface area contributed by atoms with Crippen LogP contribution in [0.5, 0.6) is 0 Å². The van der Waals surface area contributed by atoms with Crippen LogP contribution in [0.4, 0.5) is 0 Å². The Kier molecular flexibility index (Phi) is 4.10. The van der Waals surface area contributed by atoms with Gasteiger partial charge in [0.05, 0.1) is 12.3 Å². The number of carbonyl (C=O) groups is 1. The number of aryl methyl sites for hydroxylation is 1. The summed E-state index contributed by atoms with van der Waals surface area (Å²) >= 11 is 1.69. The van der Waals surface area contributed by atoms with Crippen molar-refractivity contribution in [3.05, 3.63) is 18.2 Å². The lowest BCUT2D eigenvalue weighted by Crippen LogP contribution is -2.34. The molecule has 1 amide bonds. The lowest BCUT2D eigenvalue weighted by atomic mass is 10.4. The number of hydrogen-bond acceptors (Lipinski definition) is 3. The molecule has 17 heavy (non-hydrogen) atoms. The first-order valence-corrected chi connectivity index (χ1v) is 7.21. The van der Waals surface area contributed by atoms with E-state index in [9.17, 15) is 4.79 Å². The van der Waals surface area contributed by atoms with Crippen LogP contribution in [0.1, 0.15) is 25.6 Å². The summed E-state index contributed by atoms with van der Waals surface area (Å²) in [5.74, 6) is 2.80. The SMILES string of the molecule is CCSCC(=O)N(Cc1nccn1C)C1CC1. The topological polar surface area (TPSA) is 38.1 Å². The second-order valence-electron chi connectivity index (χ2n) is 4.34. The van der Waals surface area contributed by atoms with Gasteiger partial charge < -0.3 is 9.47 Å². The number of thioether (sulfide) groups is 1. The zero-order chi connectivity index (χ0) is 12.3. The molecule has 0 N–H and O–H groups in total. The summed E-state index contributed by atoms with van der Waals surface area (Å²) in [6.45, 7) is 2.73. The van der Waals surface area contributed by atoms with E-state index in [-0.39, 0.29) is 5.91 Å². The Balaban J connectivity index is 1.98. The summed E-state index contributed by atoms with van der Waals surface area (Å²) in [6, 6.07) is 0.455. The van der Waals surface area contributed by atoms with Gasteiger partial charge in [0.25, 0.3) is 0 Å². The summed E-state index contributed by atoms with van der Waals surface area (Å²) in [5.41, 5.74) is 0. The van der Waals surface area contributed by atoms with Crippen LogP contribution in [0.15, 0.2) is 12.4 Å². The maximum Gasteiger partial charge on any atom is 0.233 e. The van der Waals surface area contributed by atoms with E-state index in [1.807, 2.05) is 22.7 Å². The van der Waals surface area contributed by atoms with Crippen molar-refractivity contribution in [3.8, 4) is 0 Å². The molecule has 0 aliphatic heterocycles. The summed E-state index contributed by atoms with van der Waals surface area (Å²) < 4.78 is 1.98. The largest absolute Gasteiger partial charge is 0.337 e. The van der Waals surface area contributed by atoms with E-state index in [4.69, 9.17) is 0 Å². The molecule has 1 saturated carbocycles. The standard InChI is InChI=1S/C12H19N3OS/c1-3-17-9-12(16)15(10-4-5-10)8-11-13-6-7-14(11)2/h6-7,10H,3-5,8-9H2,1-2H3. The fraction of sp³-hybridized carbons (Fsp3) is 0.667. The monoisotopic (exact) mass is 253 g/mol. The van der Waals surface area contributed by atoms with Gasteiger partial charge in [-0.1, -0.05) is 6.92 Å². The molecule has 1 fully saturated rings. The summed E-state index contributed by atoms with van der Waals surface area (Å²) in [5, 5.41) is 0. The molecule has 0 aromatic carbocycles. The summed E-state index contributed by atoms with van der Waals surface area (Å²) in [7, 11) is 1.97. The van der Waals surface area contributed by atoms with Crippen molar-refractivity contribution < 1.29 is 4.79 Å². The van der Waals surface area contributed by atoms with E-state index in [0.717, 1.165) is 24.4 Å². The van der Waals surface area contributed by atoms with Gasteiger partial charge in [0.2, 0.25) is 5.91 Å². The van der Waals surface area contributed by atoms with Gasteiger partial charge in [-0.15, -0.1) is 0 Å². The third-order valence-corrected chi connectivity index (χ3v) is 3.83. The van der Waals surface area contributed by atoms with Gasteiger partial charge in [-0.05, 0) is 18.6 Å². The molecule has 5 heteroatoms. The van der Waals surface area contributed by atoms with Crippen molar-refractivity contribution >= 4 is 17.7 Å². The van der Waals surface area contributed by atoms with Crippen molar-refractivity contribution in [3.63, 3.8) is 0 Å². The first-order valence-electron chi connectivity index (χ1n) is 6.05. The Morgan fingerprint density at radius 1 is 1.65 bits per heavy atom. The number of rotatable bonds is 6. The highest BCUT2D eigenvalue weighted by molar-refractivity contribution is 7.99. The quantitative estimate of drug-likeness (QED) is 0.774. The van der Waals surface area contributed by atoms with E-state index in [1.165, 1.54) is 0 Å². The van der Waals surface area contributed by atoms with Crippen LogP contribution in [0.2, 0.25) is 0 Å². The molecule has 0 bridgehead atoms. The average molecular weight is 253 g/mol. The van der Waals surface area contributed by atoms with Crippen LogP contribution < -0.4 is 0 Å². The number of nitrogens with zero attached hydrogens (tertiary/aromatic N) is 3. The third kappa shape index (κ3) is 3.25. The molecular weight excluding hydrogens is 234 g/mol. The molecule has 0 atom stereocenters. The van der Waals surface area contributed by atoms with Gasteiger partial charge in [-0.25, -0.2) is 4.98 Å². The first kappa shape index (κ1) is 12.5. The molecule has 1 aliphatic rings. The molecule has 1 aromatic rings. The van der Waals surface area contributed by atoms with Gasteiger partial charge in [0.15, 0.2) is 0 Å². The molecule has 0 unspecified atom stereocenters. The minimum absolute atomic E-state index is 0.252. The zero-order valence-electron chi connectivity index (χ0n) is 10.4. The molecular formula is C12H19N3OS. The number of amides is 1. The predicted octanol–water partition coefficient (Wildman–Crippen LogP) is 1.66. The Morgan fingerprint density at radius 3 is 2.94 bits per heavy atom. The Hall–Kier alpha value is -0.970. The number of aromatic nitrogens is 2. The van der Waals surface area contributed by atoms with E-state index in [2.05, 4.69) is 11.9 Å². The van der Waals surface area contributed by atoms with E-state index in [1.54, 1.807) is 18.0 Å². The highest BCUT2D eigenvalue weighted by Gasteiger charge is 2.32. The lowest BCUT2D eigenvalue weighted by molar-refractivity contribution is -0.129. The van der Waals surface area contributed by atoms with Crippen LogP contribution in [-0.4, -0.2) is 37.9 Å². The van der Waals surface area contributed by atoms with E-state index >= 15 is 0 Å². The summed E-state index contributed by atoms with van der Waals surface area (Å²) in [6.07, 6.45) is 6.00. The van der Waals surface area contributed by atoms with Crippen molar-refractivity contribution in [1.82, 2.24) is 14.5 Å². The smallest absolute Gasteiger partial charge is 0.233 e. The Morgan fingerprint density at radius 2 is 2.41 bits per heavy atom. The van der Waals surface area contributed by atoms with Crippen LogP contribution in [0, 0.1) is 0 Å². The van der Waals surface area contributed by atoms with E-state index < -0.39 is 0 Å². The summed E-state index contributed by atoms with van der Waals surface area (Å²) in [4.78, 5) is 18.4. The molecule has 1 aliphatic carbocycles. The fourth-order valence-electron chi connectivity index (χ4n) is 1.78. The Labute approximate surface area is 106 Å². The molecule has 2 rings (SSSR count). The number of hydrogen-bond donors (Lipinski definition) is 0. The Bertz CT molecular complexity index is 387. The van der Waals surface area contributed by atoms with Gasteiger partial charge in [-0.3, -0.25) is 4.79 Å². The second kappa shape index (κ2) is 5.58. The van der Waals surface area contributed by atoms with Gasteiger partial charge in [-0.2, -0.15) is 11.8 Å². The van der Waals surface area contributed by atoms with Gasteiger partial charge in [0.1, 0.15) is 5.82 Å². The first-order chi connectivity index (χ1) is 8.22. The maximum absolute atomic E-state index is 12.1. The normalized spacial score (nSPS) is 14.9. The molecule has 0 radical (unpaired) electrons. The molecule has 94 valence electrons. The molecule has 0 saturated heterocycles. The minimum atomic E-state index is 0.252. The maximum atomic E-state index is 12.1. The second-order valence-corrected chi connectivity index (χ2v) is 5.62. The molecule has 1 heterocycles. The van der Waals surface area contributed by atoms with Gasteiger partial charge >= 0.3 is 0 Å². The van der Waals surface area contributed by atoms with Crippen molar-refractivity contribution in [2.45, 2.75) is 32.4 Å². The third-order valence-electron chi connectivity index (χ3n) is 2.97. The lowest BCUT2D eigenvalue weighted by Gasteiger charge is -2.21. The fourth-order valence-corrected chi connectivity index (χ4v) is 2.33. The number of carbonyl (C=O) groups excluding carboxylic acids is 1. The highest BCUT2D eigenvalue weighted by Crippen LogP contribution is 2.28. The highest BCUT2D eigenvalue weighted by atomic mass is 32.2.